The first-order valence-corrected chi connectivity index (χ1v) is 7.19. The molecule has 0 aliphatic heterocycles. The average molecular weight is 314 g/mol. The Morgan fingerprint density at radius 3 is 2.61 bits per heavy atom. The summed E-state index contributed by atoms with van der Waals surface area (Å²) in [6.07, 6.45) is 4.36. The predicted octanol–water partition coefficient (Wildman–Crippen LogP) is 3.36. The highest BCUT2D eigenvalue weighted by Crippen LogP contribution is 2.09. The highest BCUT2D eigenvalue weighted by Gasteiger charge is 2.03. The summed E-state index contributed by atoms with van der Waals surface area (Å²) in [5.41, 5.74) is 6.60. The zero-order chi connectivity index (χ0) is 13.2. The summed E-state index contributed by atoms with van der Waals surface area (Å²) in [5, 5.41) is 0. The number of nitrogens with two attached hydrogens (primary N) is 1. The lowest BCUT2D eigenvalue weighted by atomic mass is 10.1. The molecule has 0 saturated heterocycles. The van der Waals surface area contributed by atoms with E-state index in [9.17, 15) is 4.79 Å². The van der Waals surface area contributed by atoms with Crippen molar-refractivity contribution in [2.75, 3.05) is 0 Å². The molecule has 2 N–H and O–H groups in total. The summed E-state index contributed by atoms with van der Waals surface area (Å²) in [5.74, 6) is -0.123. The predicted molar refractivity (Wildman–Crippen MR) is 76.2 cm³/mol. The lowest BCUT2D eigenvalue weighted by Crippen LogP contribution is -2.10. The van der Waals surface area contributed by atoms with Crippen molar-refractivity contribution in [3.63, 3.8) is 0 Å². The summed E-state index contributed by atoms with van der Waals surface area (Å²) in [7, 11) is 0. The second-order valence-electron chi connectivity index (χ2n) is 4.26. The van der Waals surface area contributed by atoms with E-state index in [0.29, 0.717) is 13.0 Å². The topological polar surface area (TPSA) is 52.3 Å². The third-order valence-electron chi connectivity index (χ3n) is 2.60. The van der Waals surface area contributed by atoms with Gasteiger partial charge in [-0.3, -0.25) is 4.79 Å². The van der Waals surface area contributed by atoms with Crippen molar-refractivity contribution < 1.29 is 9.53 Å². The van der Waals surface area contributed by atoms with E-state index in [1.165, 1.54) is 0 Å². The minimum atomic E-state index is -0.123. The Labute approximate surface area is 117 Å². The molecule has 0 spiro atoms. The van der Waals surface area contributed by atoms with E-state index in [0.717, 1.165) is 31.2 Å². The van der Waals surface area contributed by atoms with Crippen molar-refractivity contribution in [3.05, 3.63) is 35.9 Å². The van der Waals surface area contributed by atoms with Crippen molar-refractivity contribution in [1.82, 2.24) is 0 Å². The van der Waals surface area contributed by atoms with Crippen LogP contribution >= 0.6 is 15.9 Å². The van der Waals surface area contributed by atoms with Gasteiger partial charge in [0, 0.05) is 6.42 Å². The normalized spacial score (nSPS) is 12.1. The second kappa shape index (κ2) is 9.11. The van der Waals surface area contributed by atoms with Gasteiger partial charge in [-0.1, -0.05) is 59.1 Å². The Kier molecular flexibility index (Phi) is 7.69. The Bertz CT molecular complexity index is 341. The minimum Gasteiger partial charge on any atom is -0.461 e. The van der Waals surface area contributed by atoms with Crippen molar-refractivity contribution in [3.8, 4) is 0 Å². The van der Waals surface area contributed by atoms with Gasteiger partial charge in [-0.05, 0) is 18.4 Å². The molecule has 1 aromatic rings. The van der Waals surface area contributed by atoms with Crippen LogP contribution in [0.4, 0.5) is 0 Å². The van der Waals surface area contributed by atoms with Crippen molar-refractivity contribution in [2.45, 2.75) is 43.7 Å². The Hall–Kier alpha value is -0.870. The molecule has 0 fully saturated rings. The van der Waals surface area contributed by atoms with Crippen LogP contribution in [-0.4, -0.2) is 10.9 Å². The van der Waals surface area contributed by atoms with Crippen molar-refractivity contribution >= 4 is 21.9 Å². The van der Waals surface area contributed by atoms with Crippen molar-refractivity contribution in [2.24, 2.45) is 5.73 Å². The molecule has 0 bridgehead atoms. The van der Waals surface area contributed by atoms with Gasteiger partial charge >= 0.3 is 5.97 Å². The molecule has 1 rings (SSSR count). The summed E-state index contributed by atoms with van der Waals surface area (Å²) >= 11 is 3.29. The number of hydrogen-bond donors (Lipinski definition) is 1. The van der Waals surface area contributed by atoms with Gasteiger partial charge in [0.25, 0.3) is 0 Å². The maximum absolute atomic E-state index is 11.5. The van der Waals surface area contributed by atoms with Gasteiger partial charge in [-0.25, -0.2) is 0 Å². The summed E-state index contributed by atoms with van der Waals surface area (Å²) < 4.78 is 5.18. The monoisotopic (exact) mass is 313 g/mol. The van der Waals surface area contributed by atoms with Crippen molar-refractivity contribution in [1.29, 1.82) is 0 Å². The minimum absolute atomic E-state index is 0.0718. The fraction of sp³-hybridized carbons (Fsp3) is 0.500. The van der Waals surface area contributed by atoms with E-state index in [2.05, 4.69) is 15.9 Å². The fourth-order valence-corrected chi connectivity index (χ4v) is 1.92. The Morgan fingerprint density at radius 1 is 1.22 bits per heavy atom. The van der Waals surface area contributed by atoms with Gasteiger partial charge in [0.2, 0.25) is 0 Å². The van der Waals surface area contributed by atoms with Gasteiger partial charge in [0.15, 0.2) is 0 Å². The maximum atomic E-state index is 11.5. The molecule has 0 saturated carbocycles. The lowest BCUT2D eigenvalue weighted by Gasteiger charge is -2.05. The number of unbranched alkanes of at least 4 members (excludes halogenated alkanes) is 2. The zero-order valence-electron chi connectivity index (χ0n) is 10.5. The van der Waals surface area contributed by atoms with E-state index in [4.69, 9.17) is 10.5 Å². The molecule has 1 aromatic carbocycles. The second-order valence-corrected chi connectivity index (χ2v) is 5.44. The summed E-state index contributed by atoms with van der Waals surface area (Å²) in [4.78, 5) is 11.5. The molecule has 1 unspecified atom stereocenters. The van der Waals surface area contributed by atoms with Crippen LogP contribution in [0, 0.1) is 0 Å². The summed E-state index contributed by atoms with van der Waals surface area (Å²) in [6.45, 7) is 0.367. The van der Waals surface area contributed by atoms with E-state index >= 15 is 0 Å². The van der Waals surface area contributed by atoms with Gasteiger partial charge in [0.1, 0.15) is 6.61 Å². The number of carbonyl (C=O) groups excluding carboxylic acids is 1. The quantitative estimate of drug-likeness (QED) is 0.346. The number of ether oxygens (including phenoxy) is 1. The fourth-order valence-electron chi connectivity index (χ4n) is 1.60. The highest BCUT2D eigenvalue weighted by atomic mass is 79.9. The van der Waals surface area contributed by atoms with Crippen LogP contribution in [0.5, 0.6) is 0 Å². The van der Waals surface area contributed by atoms with Crippen LogP contribution in [0.15, 0.2) is 30.3 Å². The first kappa shape index (κ1) is 15.2. The van der Waals surface area contributed by atoms with Crippen LogP contribution in [0.25, 0.3) is 0 Å². The number of hydrogen-bond acceptors (Lipinski definition) is 3. The summed E-state index contributed by atoms with van der Waals surface area (Å²) in [6, 6.07) is 9.72. The standard InChI is InChI=1S/C14H20BrNO2/c15-13(16)9-5-2-6-10-14(17)18-11-12-7-3-1-4-8-12/h1,3-4,7-8,13H,2,5-6,9-11,16H2. The highest BCUT2D eigenvalue weighted by molar-refractivity contribution is 9.09. The SMILES string of the molecule is NC(Br)CCCCCC(=O)OCc1ccccc1. The first-order chi connectivity index (χ1) is 8.68. The largest absolute Gasteiger partial charge is 0.461 e. The first-order valence-electron chi connectivity index (χ1n) is 6.27. The van der Waals surface area contributed by atoms with Crippen LogP contribution in [0.3, 0.4) is 0 Å². The molecule has 0 aromatic heterocycles. The number of rotatable bonds is 8. The molecule has 0 radical (unpaired) electrons. The number of carbonyl (C=O) groups is 1. The van der Waals surface area contributed by atoms with Crippen LogP contribution in [-0.2, 0) is 16.1 Å². The molecule has 3 nitrogen and oxygen atoms in total. The average Bonchev–Trinajstić information content (AvgIpc) is 2.37. The number of alkyl halides is 1. The molecule has 0 aliphatic rings. The molecule has 100 valence electrons. The number of benzene rings is 1. The third-order valence-corrected chi connectivity index (χ3v) is 3.06. The molecule has 0 heterocycles. The van der Waals surface area contributed by atoms with Crippen LogP contribution in [0.1, 0.15) is 37.7 Å². The van der Waals surface area contributed by atoms with Crippen LogP contribution < -0.4 is 5.73 Å². The van der Waals surface area contributed by atoms with E-state index in [1.54, 1.807) is 0 Å². The molecular weight excluding hydrogens is 294 g/mol. The molecule has 0 aliphatic carbocycles. The van der Waals surface area contributed by atoms with Gasteiger partial charge in [0.05, 0.1) is 4.95 Å². The zero-order valence-corrected chi connectivity index (χ0v) is 12.1. The molecule has 0 amide bonds. The van der Waals surface area contributed by atoms with E-state index in [1.807, 2.05) is 30.3 Å². The van der Waals surface area contributed by atoms with Gasteiger partial charge < -0.3 is 10.5 Å². The maximum Gasteiger partial charge on any atom is 0.306 e. The Balaban J connectivity index is 2.04. The molecular formula is C14H20BrNO2. The van der Waals surface area contributed by atoms with Crippen LogP contribution in [0.2, 0.25) is 0 Å². The molecule has 18 heavy (non-hydrogen) atoms. The lowest BCUT2D eigenvalue weighted by molar-refractivity contribution is -0.145. The molecule has 4 heteroatoms. The Morgan fingerprint density at radius 2 is 1.94 bits per heavy atom. The third kappa shape index (κ3) is 7.45. The number of halogens is 1. The molecule has 1 atom stereocenters. The van der Waals surface area contributed by atoms with E-state index in [-0.39, 0.29) is 10.9 Å². The van der Waals surface area contributed by atoms with E-state index < -0.39 is 0 Å². The number of esters is 1. The van der Waals surface area contributed by atoms with Gasteiger partial charge in [-0.2, -0.15) is 0 Å². The van der Waals surface area contributed by atoms with Gasteiger partial charge in [-0.15, -0.1) is 0 Å². The smallest absolute Gasteiger partial charge is 0.306 e.